The number of hydrogen-bond donors (Lipinski definition) is 1. The summed E-state index contributed by atoms with van der Waals surface area (Å²) in [6, 6.07) is 3.91. The van der Waals surface area contributed by atoms with Gasteiger partial charge in [-0.15, -0.1) is 0 Å². The zero-order valence-corrected chi connectivity index (χ0v) is 7.72. The van der Waals surface area contributed by atoms with Crippen molar-refractivity contribution in [3.63, 3.8) is 0 Å². The van der Waals surface area contributed by atoms with Gasteiger partial charge in [-0.3, -0.25) is 0 Å². The zero-order valence-electron chi connectivity index (χ0n) is 7.72. The van der Waals surface area contributed by atoms with Crippen LogP contribution in [0.4, 0.5) is 8.78 Å². The van der Waals surface area contributed by atoms with Gasteiger partial charge in [0.2, 0.25) is 0 Å². The lowest BCUT2D eigenvalue weighted by Gasteiger charge is -2.10. The molecule has 0 spiro atoms. The van der Waals surface area contributed by atoms with Crippen molar-refractivity contribution >= 4 is 0 Å². The smallest absolute Gasteiger partial charge is 0.163 e. The molecule has 0 radical (unpaired) electrons. The highest BCUT2D eigenvalue weighted by Crippen LogP contribution is 2.21. The molecule has 0 saturated carbocycles. The molecule has 4 heteroatoms. The molecule has 0 amide bonds. The Bertz CT molecular complexity index is 382. The third-order valence-corrected chi connectivity index (χ3v) is 2.02. The van der Waals surface area contributed by atoms with Crippen molar-refractivity contribution in [2.75, 3.05) is 0 Å². The van der Waals surface area contributed by atoms with Crippen LogP contribution >= 0.6 is 0 Å². The summed E-state index contributed by atoms with van der Waals surface area (Å²) in [6.45, 7) is 1.47. The second-order valence-electron chi connectivity index (χ2n) is 3.07. The minimum absolute atomic E-state index is 0.0284. The van der Waals surface area contributed by atoms with Gasteiger partial charge in [-0.2, -0.15) is 5.26 Å². The van der Waals surface area contributed by atoms with Crippen LogP contribution in [0.15, 0.2) is 12.1 Å². The van der Waals surface area contributed by atoms with Crippen LogP contribution in [0.1, 0.15) is 23.6 Å². The molecule has 0 aromatic heterocycles. The van der Waals surface area contributed by atoms with E-state index in [4.69, 9.17) is 11.0 Å². The molecule has 0 aliphatic carbocycles. The predicted octanol–water partition coefficient (Wildman–Crippen LogP) is 2.19. The standard InChI is InChI=1S/C10H10F2N2/c1-6-2-3-7(8(14)4-5-13)10(12)9(6)11/h2-3,8H,4,14H2,1H3. The number of hydrogen-bond acceptors (Lipinski definition) is 2. The number of nitrogens with zero attached hydrogens (tertiary/aromatic N) is 1. The molecule has 0 fully saturated rings. The van der Waals surface area contributed by atoms with E-state index in [1.54, 1.807) is 0 Å². The molecule has 1 aromatic rings. The van der Waals surface area contributed by atoms with Gasteiger partial charge in [0.25, 0.3) is 0 Å². The average Bonchev–Trinajstić information content (AvgIpc) is 2.15. The Balaban J connectivity index is 3.12. The maximum absolute atomic E-state index is 13.3. The highest BCUT2D eigenvalue weighted by Gasteiger charge is 2.15. The Hall–Kier alpha value is -1.47. The third-order valence-electron chi connectivity index (χ3n) is 2.02. The van der Waals surface area contributed by atoms with Crippen LogP contribution < -0.4 is 5.73 Å². The monoisotopic (exact) mass is 196 g/mol. The maximum Gasteiger partial charge on any atom is 0.163 e. The van der Waals surface area contributed by atoms with Gasteiger partial charge in [-0.25, -0.2) is 8.78 Å². The first-order chi connectivity index (χ1) is 6.57. The molecule has 1 aromatic carbocycles. The van der Waals surface area contributed by atoms with Gasteiger partial charge in [0, 0.05) is 11.6 Å². The Kier molecular flexibility index (Phi) is 3.15. The number of nitriles is 1. The van der Waals surface area contributed by atoms with Crippen LogP contribution in [0, 0.1) is 29.9 Å². The molecule has 14 heavy (non-hydrogen) atoms. The van der Waals surface area contributed by atoms with E-state index in [1.165, 1.54) is 19.1 Å². The summed E-state index contributed by atoms with van der Waals surface area (Å²) in [5.74, 6) is -1.84. The Morgan fingerprint density at radius 3 is 2.64 bits per heavy atom. The van der Waals surface area contributed by atoms with E-state index in [0.29, 0.717) is 0 Å². The molecule has 0 aliphatic heterocycles. The summed E-state index contributed by atoms with van der Waals surface area (Å²) in [5, 5.41) is 8.37. The summed E-state index contributed by atoms with van der Waals surface area (Å²) in [6.07, 6.45) is -0.0284. The first kappa shape index (κ1) is 10.6. The molecule has 1 rings (SSSR count). The Labute approximate surface area is 81.0 Å². The van der Waals surface area contributed by atoms with E-state index in [2.05, 4.69) is 0 Å². The minimum Gasteiger partial charge on any atom is -0.323 e. The second kappa shape index (κ2) is 4.16. The summed E-state index contributed by atoms with van der Waals surface area (Å²) in [5.41, 5.74) is 5.78. The Morgan fingerprint density at radius 2 is 2.07 bits per heavy atom. The summed E-state index contributed by atoms with van der Waals surface area (Å²) < 4.78 is 26.4. The van der Waals surface area contributed by atoms with Crippen LogP contribution in [0.2, 0.25) is 0 Å². The van der Waals surface area contributed by atoms with Gasteiger partial charge in [0.05, 0.1) is 12.5 Å². The van der Waals surface area contributed by atoms with Crippen molar-refractivity contribution in [2.45, 2.75) is 19.4 Å². The number of nitrogens with two attached hydrogens (primary N) is 1. The molecule has 74 valence electrons. The van der Waals surface area contributed by atoms with Gasteiger partial charge in [0.15, 0.2) is 11.6 Å². The number of rotatable bonds is 2. The largest absolute Gasteiger partial charge is 0.323 e. The van der Waals surface area contributed by atoms with Crippen molar-refractivity contribution in [3.8, 4) is 6.07 Å². The van der Waals surface area contributed by atoms with Crippen LogP contribution in [-0.2, 0) is 0 Å². The van der Waals surface area contributed by atoms with E-state index in [0.717, 1.165) is 0 Å². The molecule has 0 heterocycles. The van der Waals surface area contributed by atoms with Gasteiger partial charge >= 0.3 is 0 Å². The number of benzene rings is 1. The summed E-state index contributed by atoms with van der Waals surface area (Å²) in [7, 11) is 0. The van der Waals surface area contributed by atoms with Crippen molar-refractivity contribution in [2.24, 2.45) is 5.73 Å². The highest BCUT2D eigenvalue weighted by molar-refractivity contribution is 5.28. The van der Waals surface area contributed by atoms with Crippen LogP contribution in [0.3, 0.4) is 0 Å². The molecule has 0 aliphatic rings. The van der Waals surface area contributed by atoms with Gasteiger partial charge in [-0.05, 0) is 12.5 Å². The van der Waals surface area contributed by atoms with Crippen LogP contribution in [0.25, 0.3) is 0 Å². The lowest BCUT2D eigenvalue weighted by Crippen LogP contribution is -2.12. The maximum atomic E-state index is 13.3. The second-order valence-corrected chi connectivity index (χ2v) is 3.07. The van der Waals surface area contributed by atoms with E-state index in [9.17, 15) is 8.78 Å². The quantitative estimate of drug-likeness (QED) is 0.788. The average molecular weight is 196 g/mol. The molecular weight excluding hydrogens is 186 g/mol. The highest BCUT2D eigenvalue weighted by atomic mass is 19.2. The van der Waals surface area contributed by atoms with E-state index < -0.39 is 17.7 Å². The minimum atomic E-state index is -0.951. The molecule has 0 saturated heterocycles. The molecule has 2 N–H and O–H groups in total. The third kappa shape index (κ3) is 1.88. The Morgan fingerprint density at radius 1 is 1.43 bits per heavy atom. The topological polar surface area (TPSA) is 49.8 Å². The molecular formula is C10H10F2N2. The van der Waals surface area contributed by atoms with E-state index in [-0.39, 0.29) is 17.5 Å². The van der Waals surface area contributed by atoms with Gasteiger partial charge in [0.1, 0.15) is 0 Å². The first-order valence-corrected chi connectivity index (χ1v) is 4.15. The van der Waals surface area contributed by atoms with Crippen molar-refractivity contribution in [1.29, 1.82) is 5.26 Å². The summed E-state index contributed by atoms with van der Waals surface area (Å²) >= 11 is 0. The van der Waals surface area contributed by atoms with Gasteiger partial charge < -0.3 is 5.73 Å². The molecule has 1 unspecified atom stereocenters. The SMILES string of the molecule is Cc1ccc(C(N)CC#N)c(F)c1F. The summed E-state index contributed by atoms with van der Waals surface area (Å²) in [4.78, 5) is 0. The van der Waals surface area contributed by atoms with E-state index in [1.807, 2.05) is 6.07 Å². The fourth-order valence-corrected chi connectivity index (χ4v) is 1.16. The number of aryl methyl sites for hydroxylation is 1. The predicted molar refractivity (Wildman–Crippen MR) is 48.3 cm³/mol. The zero-order chi connectivity index (χ0) is 10.7. The molecule has 2 nitrogen and oxygen atoms in total. The van der Waals surface area contributed by atoms with Gasteiger partial charge in [-0.1, -0.05) is 12.1 Å². The lowest BCUT2D eigenvalue weighted by molar-refractivity contribution is 0.484. The van der Waals surface area contributed by atoms with Crippen molar-refractivity contribution < 1.29 is 8.78 Å². The van der Waals surface area contributed by atoms with Crippen LogP contribution in [0.5, 0.6) is 0 Å². The molecule has 1 atom stereocenters. The fourth-order valence-electron chi connectivity index (χ4n) is 1.16. The van der Waals surface area contributed by atoms with Crippen molar-refractivity contribution in [1.82, 2.24) is 0 Å². The van der Waals surface area contributed by atoms with E-state index >= 15 is 0 Å². The van der Waals surface area contributed by atoms with Crippen LogP contribution in [-0.4, -0.2) is 0 Å². The first-order valence-electron chi connectivity index (χ1n) is 4.15. The van der Waals surface area contributed by atoms with Crippen molar-refractivity contribution in [3.05, 3.63) is 34.9 Å². The normalized spacial score (nSPS) is 12.2. The lowest BCUT2D eigenvalue weighted by atomic mass is 10.0. The number of halogens is 2. The molecule has 0 bridgehead atoms. The fraction of sp³-hybridized carbons (Fsp3) is 0.300.